The Labute approximate surface area is 188 Å². The summed E-state index contributed by atoms with van der Waals surface area (Å²) in [6, 6.07) is 14.3. The van der Waals surface area contributed by atoms with Gasteiger partial charge in [-0.1, -0.05) is 11.8 Å². The lowest BCUT2D eigenvalue weighted by Gasteiger charge is -2.27. The minimum atomic E-state index is -1.76. The van der Waals surface area contributed by atoms with Crippen molar-refractivity contribution in [2.24, 2.45) is 0 Å². The summed E-state index contributed by atoms with van der Waals surface area (Å²) in [6.07, 6.45) is 0. The number of thioether (sulfide) groups is 2. The van der Waals surface area contributed by atoms with Gasteiger partial charge in [0.05, 0.1) is 31.5 Å². The average Bonchev–Trinajstić information content (AvgIpc) is 3.04. The first-order valence-corrected chi connectivity index (χ1v) is 11.2. The van der Waals surface area contributed by atoms with Gasteiger partial charge in [-0.15, -0.1) is 11.8 Å². The number of esters is 2. The van der Waals surface area contributed by atoms with Crippen molar-refractivity contribution < 1.29 is 33.6 Å². The predicted molar refractivity (Wildman–Crippen MR) is 118 cm³/mol. The zero-order valence-electron chi connectivity index (χ0n) is 17.2. The number of aliphatic hydroxyl groups excluding tert-OH is 1. The molecule has 0 saturated carbocycles. The van der Waals surface area contributed by atoms with Crippen LogP contribution in [0.15, 0.2) is 69.0 Å². The van der Waals surface area contributed by atoms with Crippen LogP contribution in [0.25, 0.3) is 0 Å². The molecule has 7 nitrogen and oxygen atoms in total. The molecule has 1 heterocycles. The van der Waals surface area contributed by atoms with Crippen LogP contribution in [-0.4, -0.2) is 49.2 Å². The van der Waals surface area contributed by atoms with Gasteiger partial charge in [-0.05, 0) is 55.5 Å². The summed E-state index contributed by atoms with van der Waals surface area (Å²) in [6.45, 7) is 1.77. The lowest BCUT2D eigenvalue weighted by atomic mass is 10.1. The molecule has 1 atom stereocenters. The standard InChI is InChI=1S/C22H22O7S2/c1-4-28-21(25)22(13-30-16-9-5-14(26-2)6-10-16)19(18(23)20(24)29-22)31-17-11-7-15(27-3)8-12-17/h5-12,23H,4,13H2,1-3H3. The van der Waals surface area contributed by atoms with Gasteiger partial charge >= 0.3 is 11.9 Å². The quantitative estimate of drug-likeness (QED) is 0.434. The molecule has 164 valence electrons. The third-order valence-corrected chi connectivity index (χ3v) is 6.82. The highest BCUT2D eigenvalue weighted by atomic mass is 32.2. The summed E-state index contributed by atoms with van der Waals surface area (Å²) in [5.41, 5.74) is -1.76. The normalized spacial score (nSPS) is 18.0. The van der Waals surface area contributed by atoms with E-state index < -0.39 is 23.3 Å². The number of carbonyl (C=O) groups excluding carboxylic acids is 2. The van der Waals surface area contributed by atoms with Gasteiger partial charge in [0.25, 0.3) is 5.60 Å². The van der Waals surface area contributed by atoms with Crippen molar-refractivity contribution in [3.8, 4) is 11.5 Å². The summed E-state index contributed by atoms with van der Waals surface area (Å²) in [4.78, 5) is 26.9. The Balaban J connectivity index is 1.92. The molecule has 0 radical (unpaired) electrons. The highest BCUT2D eigenvalue weighted by molar-refractivity contribution is 8.03. The molecule has 1 N–H and O–H groups in total. The van der Waals surface area contributed by atoms with E-state index >= 15 is 0 Å². The van der Waals surface area contributed by atoms with Crippen LogP contribution in [0.2, 0.25) is 0 Å². The molecule has 1 aliphatic heterocycles. The monoisotopic (exact) mass is 462 g/mol. The summed E-state index contributed by atoms with van der Waals surface area (Å²) in [5.74, 6) is -0.891. The van der Waals surface area contributed by atoms with Crippen LogP contribution in [0.5, 0.6) is 11.5 Å². The molecule has 1 aliphatic rings. The number of hydrogen-bond donors (Lipinski definition) is 1. The maximum absolute atomic E-state index is 13.0. The number of rotatable bonds is 9. The fraction of sp³-hybridized carbons (Fsp3) is 0.273. The van der Waals surface area contributed by atoms with Gasteiger partial charge < -0.3 is 24.1 Å². The Kier molecular flexibility index (Phi) is 7.40. The molecule has 0 bridgehead atoms. The first kappa shape index (κ1) is 22.9. The van der Waals surface area contributed by atoms with Crippen LogP contribution in [0.1, 0.15) is 6.92 Å². The van der Waals surface area contributed by atoms with E-state index in [0.717, 1.165) is 16.7 Å². The number of methoxy groups -OCH3 is 2. The first-order chi connectivity index (χ1) is 14.9. The molecule has 1 unspecified atom stereocenters. The third kappa shape index (κ3) is 4.94. The van der Waals surface area contributed by atoms with Crippen LogP contribution in [0.3, 0.4) is 0 Å². The van der Waals surface area contributed by atoms with Gasteiger partial charge in [-0.2, -0.15) is 0 Å². The Bertz CT molecular complexity index is 970. The van der Waals surface area contributed by atoms with E-state index in [1.54, 1.807) is 57.5 Å². The van der Waals surface area contributed by atoms with Gasteiger partial charge in [0.15, 0.2) is 0 Å². The minimum Gasteiger partial charge on any atom is -0.501 e. The highest BCUT2D eigenvalue weighted by Gasteiger charge is 2.56. The first-order valence-electron chi connectivity index (χ1n) is 9.36. The molecule has 0 saturated heterocycles. The van der Waals surface area contributed by atoms with Gasteiger partial charge in [-0.3, -0.25) is 0 Å². The molecular formula is C22H22O7S2. The third-order valence-electron chi connectivity index (χ3n) is 4.43. The largest absolute Gasteiger partial charge is 0.501 e. The topological polar surface area (TPSA) is 91.3 Å². The number of carbonyl (C=O) groups is 2. The summed E-state index contributed by atoms with van der Waals surface area (Å²) < 4.78 is 21.0. The Hall–Kier alpha value is -2.78. The second-order valence-electron chi connectivity index (χ2n) is 6.36. The van der Waals surface area contributed by atoms with Crippen molar-refractivity contribution in [3.63, 3.8) is 0 Å². The van der Waals surface area contributed by atoms with Crippen molar-refractivity contribution in [1.82, 2.24) is 0 Å². The van der Waals surface area contributed by atoms with E-state index in [4.69, 9.17) is 18.9 Å². The Morgan fingerprint density at radius 3 is 2.06 bits per heavy atom. The fourth-order valence-electron chi connectivity index (χ4n) is 2.82. The zero-order valence-corrected chi connectivity index (χ0v) is 18.9. The van der Waals surface area contributed by atoms with Crippen LogP contribution in [0, 0.1) is 0 Å². The molecule has 0 aromatic heterocycles. The Morgan fingerprint density at radius 1 is 1.00 bits per heavy atom. The van der Waals surface area contributed by atoms with Crippen LogP contribution in [0.4, 0.5) is 0 Å². The number of aliphatic hydroxyl groups is 1. The maximum Gasteiger partial charge on any atom is 0.375 e. The van der Waals surface area contributed by atoms with Crippen molar-refractivity contribution in [2.45, 2.75) is 22.3 Å². The van der Waals surface area contributed by atoms with E-state index in [0.29, 0.717) is 16.4 Å². The molecule has 0 amide bonds. The van der Waals surface area contributed by atoms with Crippen molar-refractivity contribution in [1.29, 1.82) is 0 Å². The molecule has 31 heavy (non-hydrogen) atoms. The average molecular weight is 463 g/mol. The molecule has 2 aromatic rings. The van der Waals surface area contributed by atoms with Gasteiger partial charge in [0.1, 0.15) is 11.5 Å². The minimum absolute atomic E-state index is 0.0342. The lowest BCUT2D eigenvalue weighted by Crippen LogP contribution is -2.44. The van der Waals surface area contributed by atoms with E-state index in [1.165, 1.54) is 11.8 Å². The SMILES string of the molecule is CCOC(=O)C1(CSc2ccc(OC)cc2)OC(=O)C(O)=C1Sc1ccc(OC)cc1. The van der Waals surface area contributed by atoms with E-state index in [2.05, 4.69) is 0 Å². The fourth-order valence-corrected chi connectivity index (χ4v) is 4.98. The van der Waals surface area contributed by atoms with Crippen LogP contribution in [-0.2, 0) is 19.1 Å². The second-order valence-corrected chi connectivity index (χ2v) is 8.49. The second kappa shape index (κ2) is 10.0. The molecule has 3 rings (SSSR count). The molecular weight excluding hydrogens is 440 g/mol. The molecule has 0 aliphatic carbocycles. The molecule has 2 aromatic carbocycles. The van der Waals surface area contributed by atoms with E-state index in [1.807, 2.05) is 12.1 Å². The molecule has 0 fully saturated rings. The molecule has 0 spiro atoms. The van der Waals surface area contributed by atoms with Crippen molar-refractivity contribution >= 4 is 35.5 Å². The van der Waals surface area contributed by atoms with E-state index in [9.17, 15) is 14.7 Å². The zero-order chi connectivity index (χ0) is 22.4. The number of cyclic esters (lactones) is 1. The predicted octanol–water partition coefficient (Wildman–Crippen LogP) is 4.22. The lowest BCUT2D eigenvalue weighted by molar-refractivity contribution is -0.169. The summed E-state index contributed by atoms with van der Waals surface area (Å²) in [5, 5.41) is 10.5. The van der Waals surface area contributed by atoms with E-state index in [-0.39, 0.29) is 17.3 Å². The van der Waals surface area contributed by atoms with Crippen LogP contribution >= 0.6 is 23.5 Å². The number of hydrogen-bond acceptors (Lipinski definition) is 9. The van der Waals surface area contributed by atoms with Crippen molar-refractivity contribution in [2.75, 3.05) is 26.6 Å². The Morgan fingerprint density at radius 2 is 1.55 bits per heavy atom. The highest BCUT2D eigenvalue weighted by Crippen LogP contribution is 2.46. The van der Waals surface area contributed by atoms with Gasteiger partial charge in [-0.25, -0.2) is 9.59 Å². The molecule has 9 heteroatoms. The number of ether oxygens (including phenoxy) is 4. The number of benzene rings is 2. The smallest absolute Gasteiger partial charge is 0.375 e. The van der Waals surface area contributed by atoms with Crippen LogP contribution < -0.4 is 9.47 Å². The summed E-state index contributed by atoms with van der Waals surface area (Å²) in [7, 11) is 3.13. The van der Waals surface area contributed by atoms with Crippen molar-refractivity contribution in [3.05, 3.63) is 59.2 Å². The van der Waals surface area contributed by atoms with Gasteiger partial charge in [0, 0.05) is 9.79 Å². The maximum atomic E-state index is 13.0. The van der Waals surface area contributed by atoms with Gasteiger partial charge in [0.2, 0.25) is 5.76 Å². The summed E-state index contributed by atoms with van der Waals surface area (Å²) >= 11 is 2.38.